The Balaban J connectivity index is 0.00000408. The fourth-order valence-electron chi connectivity index (χ4n) is 4.21. The molecular weight excluding hydrogens is 548 g/mol. The van der Waals surface area contributed by atoms with Crippen LogP contribution in [0.5, 0.6) is 0 Å². The van der Waals surface area contributed by atoms with Gasteiger partial charge in [0.2, 0.25) is 0 Å². The van der Waals surface area contributed by atoms with Gasteiger partial charge in [0.1, 0.15) is 0 Å². The van der Waals surface area contributed by atoms with Crippen molar-refractivity contribution in [3.8, 4) is 0 Å². The number of rotatable bonds is 8. The first-order valence-corrected chi connectivity index (χ1v) is 12.3. The Labute approximate surface area is 246 Å². The Kier molecular flexibility index (Phi) is 15.5. The van der Waals surface area contributed by atoms with Crippen molar-refractivity contribution < 1.29 is 43.4 Å². The molecule has 3 aromatic rings. The van der Waals surface area contributed by atoms with Crippen molar-refractivity contribution in [3.05, 3.63) is 86.2 Å². The molecule has 0 aliphatic rings. The van der Waals surface area contributed by atoms with Gasteiger partial charge in [-0.3, -0.25) is 9.98 Å². The molecule has 0 atom stereocenters. The van der Waals surface area contributed by atoms with E-state index in [2.05, 4.69) is 65.8 Å². The molecule has 7 heteroatoms. The number of nitrogens with zero attached hydrogens (tertiary/aromatic N) is 3. The van der Waals surface area contributed by atoms with Gasteiger partial charge in [-0.1, -0.05) is 74.7 Å². The minimum absolute atomic E-state index is 0. The van der Waals surface area contributed by atoms with Crippen molar-refractivity contribution in [2.75, 3.05) is 0 Å². The quantitative estimate of drug-likeness (QED) is 0.376. The second kappa shape index (κ2) is 16.3. The van der Waals surface area contributed by atoms with Gasteiger partial charge in [0.15, 0.2) is 0 Å². The third-order valence-corrected chi connectivity index (χ3v) is 6.05. The maximum Gasteiger partial charge on any atom is 2.00 e. The molecule has 0 saturated heterocycles. The second-order valence-electron chi connectivity index (χ2n) is 8.43. The van der Waals surface area contributed by atoms with Crippen LogP contribution in [0.25, 0.3) is 0 Å². The van der Waals surface area contributed by atoms with Gasteiger partial charge in [0.25, 0.3) is 0 Å². The second-order valence-corrected chi connectivity index (χ2v) is 8.87. The molecule has 3 nitrogen and oxygen atoms in total. The summed E-state index contributed by atoms with van der Waals surface area (Å²) in [5, 5.41) is 0.624. The van der Waals surface area contributed by atoms with Crippen LogP contribution in [0.2, 0.25) is 5.02 Å². The van der Waals surface area contributed by atoms with E-state index < -0.39 is 0 Å². The molecule has 1 aromatic heterocycles. The van der Waals surface area contributed by atoms with Crippen LogP contribution in [0.1, 0.15) is 72.5 Å². The van der Waals surface area contributed by atoms with E-state index in [1.807, 2.05) is 24.6 Å². The number of aliphatic imine (C=N–C) groups is 2. The summed E-state index contributed by atoms with van der Waals surface area (Å²) in [6.45, 7) is 12.9. The van der Waals surface area contributed by atoms with E-state index in [0.29, 0.717) is 5.02 Å². The minimum Gasteiger partial charge on any atom is -1.00 e. The summed E-state index contributed by atoms with van der Waals surface area (Å²) in [4.78, 5) is 14.4. The van der Waals surface area contributed by atoms with E-state index in [1.54, 1.807) is 0 Å². The molecule has 0 aliphatic carbocycles. The fraction of sp³-hybridized carbons (Fsp3) is 0.345. The molecule has 1 heterocycles. The van der Waals surface area contributed by atoms with Crippen molar-refractivity contribution in [3.63, 3.8) is 0 Å². The molecule has 0 unspecified atom stereocenters. The third kappa shape index (κ3) is 8.75. The van der Waals surface area contributed by atoms with E-state index in [0.717, 1.165) is 48.4 Å². The van der Waals surface area contributed by atoms with E-state index in [4.69, 9.17) is 26.6 Å². The zero-order chi connectivity index (χ0) is 24.0. The summed E-state index contributed by atoms with van der Waals surface area (Å²) in [6.07, 6.45) is 7.40. The molecule has 3 rings (SSSR count). The Hall–Kier alpha value is -1.62. The number of aryl methyl sites for hydroxylation is 6. The summed E-state index contributed by atoms with van der Waals surface area (Å²) in [5.41, 5.74) is 11.1. The van der Waals surface area contributed by atoms with Crippen LogP contribution < -0.4 is 24.8 Å². The van der Waals surface area contributed by atoms with Gasteiger partial charge in [0.05, 0.1) is 35.2 Å². The topological polar surface area (TPSA) is 37.6 Å². The van der Waals surface area contributed by atoms with Crippen LogP contribution >= 0.6 is 11.6 Å². The Morgan fingerprint density at radius 3 is 1.22 bits per heavy atom. The summed E-state index contributed by atoms with van der Waals surface area (Å²) < 4.78 is 0. The fourth-order valence-corrected chi connectivity index (χ4v) is 4.43. The van der Waals surface area contributed by atoms with E-state index in [9.17, 15) is 0 Å². The molecular formula is C29H34Cl3N3V. The average Bonchev–Trinajstić information content (AvgIpc) is 2.80. The van der Waals surface area contributed by atoms with Crippen molar-refractivity contribution in [2.45, 2.75) is 67.2 Å². The number of benzene rings is 2. The van der Waals surface area contributed by atoms with Crippen LogP contribution in [-0.2, 0) is 44.2 Å². The summed E-state index contributed by atoms with van der Waals surface area (Å²) in [5.74, 6) is 0. The first kappa shape index (κ1) is 34.4. The normalized spacial score (nSPS) is 10.8. The number of aromatic nitrogens is 1. The molecule has 191 valence electrons. The van der Waals surface area contributed by atoms with Gasteiger partial charge < -0.3 is 24.8 Å². The molecule has 0 aliphatic heterocycles. The predicted octanol–water partition coefficient (Wildman–Crippen LogP) is 2.11. The molecule has 0 amide bonds. The van der Waals surface area contributed by atoms with Crippen molar-refractivity contribution in [1.29, 1.82) is 0 Å². The zero-order valence-electron chi connectivity index (χ0n) is 21.9. The van der Waals surface area contributed by atoms with Crippen molar-refractivity contribution >= 4 is 35.4 Å². The average molecular weight is 582 g/mol. The molecule has 0 bridgehead atoms. The van der Waals surface area contributed by atoms with Crippen LogP contribution in [0, 0.1) is 13.8 Å². The van der Waals surface area contributed by atoms with Gasteiger partial charge in [-0.2, -0.15) is 0 Å². The first-order chi connectivity index (χ1) is 15.9. The molecule has 0 saturated carbocycles. The molecule has 0 N–H and O–H groups in total. The summed E-state index contributed by atoms with van der Waals surface area (Å²) in [6, 6.07) is 12.5. The smallest absolute Gasteiger partial charge is 1.00 e. The van der Waals surface area contributed by atoms with Gasteiger partial charge in [-0.25, -0.2) is 4.98 Å². The van der Waals surface area contributed by atoms with Crippen LogP contribution in [0.4, 0.5) is 11.4 Å². The van der Waals surface area contributed by atoms with Gasteiger partial charge >= 0.3 is 18.6 Å². The molecule has 36 heavy (non-hydrogen) atoms. The van der Waals surface area contributed by atoms with Gasteiger partial charge in [-0.15, -0.1) is 0 Å². The van der Waals surface area contributed by atoms with E-state index >= 15 is 0 Å². The van der Waals surface area contributed by atoms with Crippen LogP contribution in [0.3, 0.4) is 0 Å². The summed E-state index contributed by atoms with van der Waals surface area (Å²) >= 11 is 6.43. The molecule has 1 radical (unpaired) electrons. The Bertz CT molecular complexity index is 1070. The summed E-state index contributed by atoms with van der Waals surface area (Å²) in [7, 11) is 0. The van der Waals surface area contributed by atoms with Gasteiger partial charge in [-0.05, 0) is 73.9 Å². The standard InChI is InChI=1S/C29H34ClN3.2ClH.V/c1-7-21-11-19(5)12-22(8-2)28(21)31-17-26-15-25(30)16-27(33-26)18-32-29-23(9-3)13-20(6)14-24(29)10-4;;;/h11-18H,7-10H2,1-6H3;2*1H;/q;;;+2/p-2. The molecule has 0 spiro atoms. The Morgan fingerprint density at radius 2 is 0.944 bits per heavy atom. The predicted molar refractivity (Wildman–Crippen MR) is 144 cm³/mol. The molecule has 2 aromatic carbocycles. The van der Waals surface area contributed by atoms with Crippen molar-refractivity contribution in [2.24, 2.45) is 9.98 Å². The molecule has 0 fully saturated rings. The SMILES string of the molecule is CCc1cc(C)cc(CC)c1N=Cc1cc(Cl)cc(C=Nc2c(CC)cc(C)cc2CC)n1.[Cl-].[Cl-].[V+2]. The van der Waals surface area contributed by atoms with Gasteiger partial charge in [0, 0.05) is 5.02 Å². The number of hydrogen-bond acceptors (Lipinski definition) is 3. The first-order valence-electron chi connectivity index (χ1n) is 11.9. The third-order valence-electron chi connectivity index (χ3n) is 5.83. The van der Waals surface area contributed by atoms with E-state index in [-0.39, 0.29) is 43.4 Å². The largest absolute Gasteiger partial charge is 2.00 e. The van der Waals surface area contributed by atoms with Crippen LogP contribution in [-0.4, -0.2) is 17.4 Å². The minimum atomic E-state index is 0. The number of hydrogen-bond donors (Lipinski definition) is 0. The maximum atomic E-state index is 6.43. The Morgan fingerprint density at radius 1 is 0.639 bits per heavy atom. The van der Waals surface area contributed by atoms with Crippen LogP contribution in [0.15, 0.2) is 46.4 Å². The van der Waals surface area contributed by atoms with Crippen molar-refractivity contribution in [1.82, 2.24) is 4.98 Å². The maximum absolute atomic E-state index is 6.43. The number of halogens is 3. The zero-order valence-corrected chi connectivity index (χ0v) is 25.5. The monoisotopic (exact) mass is 580 g/mol. The number of pyridine rings is 1. The van der Waals surface area contributed by atoms with E-state index in [1.165, 1.54) is 33.4 Å².